The van der Waals surface area contributed by atoms with Crippen LogP contribution in [-0.2, 0) is 14.3 Å². The summed E-state index contributed by atoms with van der Waals surface area (Å²) in [7, 11) is 0. The number of carbonyl (C=O) groups is 2. The molecule has 0 radical (unpaired) electrons. The van der Waals surface area contributed by atoms with Crippen LogP contribution in [0.3, 0.4) is 0 Å². The van der Waals surface area contributed by atoms with Gasteiger partial charge in [-0.1, -0.05) is 25.3 Å². The van der Waals surface area contributed by atoms with Crippen molar-refractivity contribution in [3.8, 4) is 17.6 Å². The minimum Gasteiger partial charge on any atom is -0.490 e. The number of hydrogen-bond donors (Lipinski definition) is 0. The second-order valence-corrected chi connectivity index (χ2v) is 6.29. The fourth-order valence-electron chi connectivity index (χ4n) is 3.01. The number of hydrogen-bond acceptors (Lipinski definition) is 6. The molecule has 0 heterocycles. The molecule has 0 aliphatic heterocycles. The number of ether oxygens (including phenoxy) is 3. The average molecular weight is 371 g/mol. The van der Waals surface area contributed by atoms with Crippen LogP contribution in [0.1, 0.15) is 51.5 Å². The number of nitrogens with zero attached hydrogens (tertiary/aromatic N) is 1. The van der Waals surface area contributed by atoms with Crippen LogP contribution >= 0.6 is 0 Å². The molecule has 1 aromatic carbocycles. The van der Waals surface area contributed by atoms with E-state index in [1.807, 2.05) is 13.0 Å². The van der Waals surface area contributed by atoms with Gasteiger partial charge in [-0.2, -0.15) is 5.26 Å². The summed E-state index contributed by atoms with van der Waals surface area (Å²) in [4.78, 5) is 24.2. The highest BCUT2D eigenvalue weighted by Gasteiger charge is 2.24. The van der Waals surface area contributed by atoms with Gasteiger partial charge in [0.15, 0.2) is 11.5 Å². The van der Waals surface area contributed by atoms with Gasteiger partial charge in [0.05, 0.1) is 19.1 Å². The van der Waals surface area contributed by atoms with Crippen molar-refractivity contribution in [3.05, 3.63) is 29.3 Å². The molecule has 0 unspecified atom stereocenters. The number of benzene rings is 1. The van der Waals surface area contributed by atoms with E-state index >= 15 is 0 Å². The van der Waals surface area contributed by atoms with Crippen LogP contribution in [0.5, 0.6) is 11.5 Å². The smallest absolute Gasteiger partial charge is 0.348 e. The van der Waals surface area contributed by atoms with E-state index < -0.39 is 5.97 Å². The maximum atomic E-state index is 12.4. The standard InChI is InChI=1S/C21H25NO5/c1-3-25-19-13-15(12-17(14-22)20(23)26-4-2)10-11-18(19)27-21(24)16-8-6-5-7-9-16/h10-13,16H,3-9H2,1-2H3/b17-12+. The van der Waals surface area contributed by atoms with Crippen LogP contribution in [0.15, 0.2) is 23.8 Å². The molecular formula is C21H25NO5. The molecule has 6 heteroatoms. The zero-order valence-corrected chi connectivity index (χ0v) is 15.8. The molecule has 27 heavy (non-hydrogen) atoms. The Hall–Kier alpha value is -2.81. The quantitative estimate of drug-likeness (QED) is 0.311. The summed E-state index contributed by atoms with van der Waals surface area (Å²) in [6.45, 7) is 4.09. The summed E-state index contributed by atoms with van der Waals surface area (Å²) in [5, 5.41) is 9.16. The van der Waals surface area contributed by atoms with Gasteiger partial charge >= 0.3 is 11.9 Å². The van der Waals surface area contributed by atoms with E-state index in [4.69, 9.17) is 19.5 Å². The molecule has 1 fully saturated rings. The SMILES string of the molecule is CCOC(=O)/C(C#N)=C/c1ccc(OC(=O)C2CCCCC2)c(OCC)c1. The number of nitriles is 1. The summed E-state index contributed by atoms with van der Waals surface area (Å²) < 4.78 is 16.0. The van der Waals surface area contributed by atoms with Crippen molar-refractivity contribution in [1.29, 1.82) is 5.26 Å². The Morgan fingerprint density at radius 1 is 1.15 bits per heavy atom. The van der Waals surface area contributed by atoms with E-state index in [9.17, 15) is 9.59 Å². The van der Waals surface area contributed by atoms with Gasteiger partial charge in [0.1, 0.15) is 11.6 Å². The summed E-state index contributed by atoms with van der Waals surface area (Å²) in [5.74, 6) is -0.230. The van der Waals surface area contributed by atoms with Crippen molar-refractivity contribution in [2.75, 3.05) is 13.2 Å². The van der Waals surface area contributed by atoms with E-state index in [-0.39, 0.29) is 24.1 Å². The van der Waals surface area contributed by atoms with Crippen LogP contribution in [0, 0.1) is 17.2 Å². The molecule has 0 saturated heterocycles. The van der Waals surface area contributed by atoms with Gasteiger partial charge in [-0.05, 0) is 50.5 Å². The lowest BCUT2D eigenvalue weighted by Crippen LogP contribution is -2.23. The molecular weight excluding hydrogens is 346 g/mol. The Kier molecular flexibility index (Phi) is 7.87. The third kappa shape index (κ3) is 5.85. The number of esters is 2. The lowest BCUT2D eigenvalue weighted by atomic mass is 9.89. The van der Waals surface area contributed by atoms with Crippen molar-refractivity contribution in [1.82, 2.24) is 0 Å². The molecule has 1 aromatic rings. The molecule has 0 bridgehead atoms. The Morgan fingerprint density at radius 2 is 1.89 bits per heavy atom. The van der Waals surface area contributed by atoms with Crippen molar-refractivity contribution >= 4 is 18.0 Å². The lowest BCUT2D eigenvalue weighted by molar-refractivity contribution is -0.140. The van der Waals surface area contributed by atoms with Gasteiger partial charge < -0.3 is 14.2 Å². The molecule has 0 N–H and O–H groups in total. The molecule has 1 saturated carbocycles. The Labute approximate surface area is 159 Å². The molecule has 1 aliphatic rings. The van der Waals surface area contributed by atoms with Gasteiger partial charge in [0, 0.05) is 0 Å². The first-order chi connectivity index (χ1) is 13.1. The van der Waals surface area contributed by atoms with E-state index in [1.165, 1.54) is 6.08 Å². The number of rotatable bonds is 7. The van der Waals surface area contributed by atoms with Crippen molar-refractivity contribution in [3.63, 3.8) is 0 Å². The van der Waals surface area contributed by atoms with Gasteiger partial charge in [0.25, 0.3) is 0 Å². The van der Waals surface area contributed by atoms with Gasteiger partial charge in [-0.3, -0.25) is 4.79 Å². The molecule has 0 atom stereocenters. The largest absolute Gasteiger partial charge is 0.490 e. The molecule has 0 aromatic heterocycles. The third-order valence-corrected chi connectivity index (χ3v) is 4.34. The van der Waals surface area contributed by atoms with E-state index in [0.717, 1.165) is 32.1 Å². The lowest BCUT2D eigenvalue weighted by Gasteiger charge is -2.20. The Balaban J connectivity index is 2.21. The van der Waals surface area contributed by atoms with Gasteiger partial charge in [-0.25, -0.2) is 4.79 Å². The maximum absolute atomic E-state index is 12.4. The van der Waals surface area contributed by atoms with Crippen LogP contribution < -0.4 is 9.47 Å². The van der Waals surface area contributed by atoms with E-state index in [0.29, 0.717) is 23.7 Å². The van der Waals surface area contributed by atoms with Crippen LogP contribution in [0.4, 0.5) is 0 Å². The predicted octanol–water partition coefficient (Wildman–Crippen LogP) is 4.04. The molecule has 0 amide bonds. The van der Waals surface area contributed by atoms with Crippen molar-refractivity contribution < 1.29 is 23.8 Å². The van der Waals surface area contributed by atoms with E-state index in [1.54, 1.807) is 25.1 Å². The van der Waals surface area contributed by atoms with Crippen molar-refractivity contribution in [2.24, 2.45) is 5.92 Å². The zero-order chi connectivity index (χ0) is 19.6. The summed E-state index contributed by atoms with van der Waals surface area (Å²) in [6.07, 6.45) is 6.40. The molecule has 144 valence electrons. The van der Waals surface area contributed by atoms with E-state index in [2.05, 4.69) is 0 Å². The zero-order valence-electron chi connectivity index (χ0n) is 15.8. The maximum Gasteiger partial charge on any atom is 0.348 e. The summed E-state index contributed by atoms with van der Waals surface area (Å²) in [6, 6.07) is 6.77. The second kappa shape index (κ2) is 10.4. The first-order valence-electron chi connectivity index (χ1n) is 9.36. The van der Waals surface area contributed by atoms with Gasteiger partial charge in [-0.15, -0.1) is 0 Å². The molecule has 0 spiro atoms. The molecule has 1 aliphatic carbocycles. The second-order valence-electron chi connectivity index (χ2n) is 6.29. The molecule has 2 rings (SSSR count). The minimum absolute atomic E-state index is 0.0678. The highest BCUT2D eigenvalue weighted by molar-refractivity contribution is 5.98. The molecule has 6 nitrogen and oxygen atoms in total. The predicted molar refractivity (Wildman–Crippen MR) is 100 cm³/mol. The first kappa shape index (κ1) is 20.5. The van der Waals surface area contributed by atoms with Crippen LogP contribution in [-0.4, -0.2) is 25.2 Å². The summed E-state index contributed by atoms with van der Waals surface area (Å²) in [5.41, 5.74) is 0.478. The number of carbonyl (C=O) groups excluding carboxylic acids is 2. The van der Waals surface area contributed by atoms with Gasteiger partial charge in [0.2, 0.25) is 0 Å². The topological polar surface area (TPSA) is 85.6 Å². The fraction of sp³-hybridized carbons (Fsp3) is 0.476. The third-order valence-electron chi connectivity index (χ3n) is 4.34. The highest BCUT2D eigenvalue weighted by Crippen LogP contribution is 2.32. The normalized spacial score (nSPS) is 14.9. The van der Waals surface area contributed by atoms with Crippen molar-refractivity contribution in [2.45, 2.75) is 46.0 Å². The first-order valence-corrected chi connectivity index (χ1v) is 9.36. The average Bonchev–Trinajstić information content (AvgIpc) is 2.69. The highest BCUT2D eigenvalue weighted by atomic mass is 16.6. The van der Waals surface area contributed by atoms with Crippen LogP contribution in [0.25, 0.3) is 6.08 Å². The monoisotopic (exact) mass is 371 g/mol. The van der Waals surface area contributed by atoms with Crippen LogP contribution in [0.2, 0.25) is 0 Å². The minimum atomic E-state index is -0.675. The fourth-order valence-corrected chi connectivity index (χ4v) is 3.01. The Morgan fingerprint density at radius 3 is 2.52 bits per heavy atom. The Bertz CT molecular complexity index is 741. The summed E-state index contributed by atoms with van der Waals surface area (Å²) >= 11 is 0.